The van der Waals surface area contributed by atoms with Gasteiger partial charge >= 0.3 is 0 Å². The quantitative estimate of drug-likeness (QED) is 0.327. The number of amides is 1. The van der Waals surface area contributed by atoms with Gasteiger partial charge in [-0.15, -0.1) is 0 Å². The first-order valence-corrected chi connectivity index (χ1v) is 13.1. The van der Waals surface area contributed by atoms with Gasteiger partial charge in [0.15, 0.2) is 17.3 Å². The van der Waals surface area contributed by atoms with E-state index >= 15 is 0 Å². The fourth-order valence-corrected chi connectivity index (χ4v) is 4.89. The Bertz CT molecular complexity index is 989. The number of nitrogens with one attached hydrogen (secondary N) is 1. The predicted molar refractivity (Wildman–Crippen MR) is 138 cm³/mol. The Morgan fingerprint density at radius 3 is 2.40 bits per heavy atom. The van der Waals surface area contributed by atoms with Gasteiger partial charge in [0.25, 0.3) is 0 Å². The summed E-state index contributed by atoms with van der Waals surface area (Å²) in [5.74, 6) is 1.77. The zero-order valence-corrected chi connectivity index (χ0v) is 21.0. The van der Waals surface area contributed by atoms with Crippen LogP contribution in [0, 0.1) is 0 Å². The molecule has 4 rings (SSSR count). The van der Waals surface area contributed by atoms with Gasteiger partial charge in [-0.05, 0) is 87.2 Å². The Labute approximate surface area is 212 Å². The average Bonchev–Trinajstić information content (AvgIpc) is 3.37. The van der Waals surface area contributed by atoms with Crippen molar-refractivity contribution in [2.75, 3.05) is 32.8 Å². The summed E-state index contributed by atoms with van der Waals surface area (Å²) in [7, 11) is 0. The molecule has 35 heavy (non-hydrogen) atoms. The molecule has 1 amide bonds. The van der Waals surface area contributed by atoms with E-state index in [-0.39, 0.29) is 17.7 Å². The predicted octanol–water partition coefficient (Wildman–Crippen LogP) is 5.07. The fourth-order valence-electron chi connectivity index (χ4n) is 4.77. The van der Waals surface area contributed by atoms with Crippen LogP contribution in [0.25, 0.3) is 0 Å². The molecule has 1 fully saturated rings. The van der Waals surface area contributed by atoms with Crippen molar-refractivity contribution in [1.82, 2.24) is 10.2 Å². The first-order valence-electron chi connectivity index (χ1n) is 12.8. The van der Waals surface area contributed by atoms with Gasteiger partial charge in [-0.3, -0.25) is 9.59 Å². The molecule has 0 aromatic heterocycles. The summed E-state index contributed by atoms with van der Waals surface area (Å²) in [6.45, 7) is 4.19. The minimum atomic E-state index is 0.0506. The summed E-state index contributed by atoms with van der Waals surface area (Å²) in [6, 6.07) is 13.1. The third-order valence-corrected chi connectivity index (χ3v) is 6.86. The second-order valence-electron chi connectivity index (χ2n) is 9.45. The number of likely N-dealkylation sites (tertiary alicyclic amines) is 1. The monoisotopic (exact) mass is 498 g/mol. The molecule has 2 heterocycles. The third-order valence-electron chi connectivity index (χ3n) is 6.60. The minimum absolute atomic E-state index is 0.0506. The number of benzene rings is 2. The van der Waals surface area contributed by atoms with Gasteiger partial charge in [-0.25, -0.2) is 0 Å². The number of ether oxygens (including phenoxy) is 2. The normalized spacial score (nSPS) is 16.1. The van der Waals surface area contributed by atoms with E-state index in [1.54, 1.807) is 24.3 Å². The van der Waals surface area contributed by atoms with Gasteiger partial charge in [0.2, 0.25) is 5.91 Å². The standard InChI is InChI=1S/C28H35ClN2O4/c29-23-11-9-22(10-12-23)25(32)6-2-1-3-7-28(33)30-24(20-31-14-4-5-15-31)18-21-8-13-26-27(19-21)35-17-16-34-26/h8-13,19,24H,1-7,14-18,20H2,(H,30,33)/t24-/m0/s1. The number of carbonyl (C=O) groups is 2. The molecule has 2 aliphatic rings. The Morgan fingerprint density at radius 1 is 0.914 bits per heavy atom. The Kier molecular flexibility index (Phi) is 9.43. The van der Waals surface area contributed by atoms with Crippen molar-refractivity contribution in [2.24, 2.45) is 0 Å². The molecule has 0 bridgehead atoms. The van der Waals surface area contributed by atoms with Crippen LogP contribution in [-0.2, 0) is 11.2 Å². The van der Waals surface area contributed by atoms with Gasteiger partial charge < -0.3 is 19.7 Å². The van der Waals surface area contributed by atoms with Crippen LogP contribution in [0.15, 0.2) is 42.5 Å². The van der Waals surface area contributed by atoms with E-state index in [0.29, 0.717) is 36.6 Å². The van der Waals surface area contributed by atoms with Crippen molar-refractivity contribution in [1.29, 1.82) is 0 Å². The van der Waals surface area contributed by atoms with Crippen LogP contribution in [0.3, 0.4) is 0 Å². The summed E-state index contributed by atoms with van der Waals surface area (Å²) in [5, 5.41) is 3.90. The van der Waals surface area contributed by atoms with E-state index in [9.17, 15) is 9.59 Å². The van der Waals surface area contributed by atoms with E-state index in [4.69, 9.17) is 21.1 Å². The Balaban J connectivity index is 1.22. The van der Waals surface area contributed by atoms with E-state index in [0.717, 1.165) is 62.4 Å². The minimum Gasteiger partial charge on any atom is -0.486 e. The molecular weight excluding hydrogens is 464 g/mol. The number of nitrogens with zero attached hydrogens (tertiary/aromatic N) is 1. The highest BCUT2D eigenvalue weighted by molar-refractivity contribution is 6.30. The molecule has 6 nitrogen and oxygen atoms in total. The number of unbranched alkanes of at least 4 members (excludes halogenated alkanes) is 2. The highest BCUT2D eigenvalue weighted by Crippen LogP contribution is 2.31. The molecule has 1 N–H and O–H groups in total. The van der Waals surface area contributed by atoms with Gasteiger partial charge in [-0.2, -0.15) is 0 Å². The van der Waals surface area contributed by atoms with Crippen LogP contribution in [0.5, 0.6) is 11.5 Å². The molecule has 188 valence electrons. The molecule has 1 atom stereocenters. The highest BCUT2D eigenvalue weighted by atomic mass is 35.5. The summed E-state index contributed by atoms with van der Waals surface area (Å²) in [6.07, 6.45) is 6.58. The van der Waals surface area contributed by atoms with Crippen molar-refractivity contribution in [3.8, 4) is 11.5 Å². The first-order chi connectivity index (χ1) is 17.1. The number of carbonyl (C=O) groups excluding carboxylic acids is 2. The zero-order chi connectivity index (χ0) is 24.5. The number of hydrogen-bond acceptors (Lipinski definition) is 5. The van der Waals surface area contributed by atoms with Gasteiger partial charge in [-0.1, -0.05) is 24.1 Å². The summed E-state index contributed by atoms with van der Waals surface area (Å²) >= 11 is 5.89. The third kappa shape index (κ3) is 7.97. The van der Waals surface area contributed by atoms with Crippen LogP contribution in [0.4, 0.5) is 0 Å². The lowest BCUT2D eigenvalue weighted by Gasteiger charge is -2.25. The number of rotatable bonds is 12. The van der Waals surface area contributed by atoms with E-state index < -0.39 is 0 Å². The maximum atomic E-state index is 12.7. The lowest BCUT2D eigenvalue weighted by molar-refractivity contribution is -0.122. The van der Waals surface area contributed by atoms with E-state index in [1.165, 1.54) is 12.8 Å². The van der Waals surface area contributed by atoms with Crippen molar-refractivity contribution >= 4 is 23.3 Å². The molecule has 2 aromatic carbocycles. The lowest BCUT2D eigenvalue weighted by Crippen LogP contribution is -2.44. The molecule has 1 saturated heterocycles. The zero-order valence-electron chi connectivity index (χ0n) is 20.3. The second kappa shape index (κ2) is 12.9. The average molecular weight is 499 g/mol. The number of hydrogen-bond donors (Lipinski definition) is 1. The van der Waals surface area contributed by atoms with Crippen molar-refractivity contribution in [3.63, 3.8) is 0 Å². The lowest BCUT2D eigenvalue weighted by atomic mass is 10.0. The second-order valence-corrected chi connectivity index (χ2v) is 9.88. The van der Waals surface area contributed by atoms with Crippen LogP contribution in [-0.4, -0.2) is 55.5 Å². The maximum Gasteiger partial charge on any atom is 0.220 e. The van der Waals surface area contributed by atoms with Crippen LogP contribution in [0.1, 0.15) is 60.9 Å². The molecule has 0 radical (unpaired) electrons. The number of fused-ring (bicyclic) bond motifs is 1. The summed E-state index contributed by atoms with van der Waals surface area (Å²) in [4.78, 5) is 27.5. The van der Waals surface area contributed by atoms with Crippen LogP contribution < -0.4 is 14.8 Å². The smallest absolute Gasteiger partial charge is 0.220 e. The van der Waals surface area contributed by atoms with E-state index in [1.807, 2.05) is 12.1 Å². The van der Waals surface area contributed by atoms with Crippen LogP contribution in [0.2, 0.25) is 5.02 Å². The SMILES string of the molecule is O=C(CCCCCC(=O)c1ccc(Cl)cc1)N[C@@H](Cc1ccc2c(c1)OCCO2)CN1CCCC1. The topological polar surface area (TPSA) is 67.9 Å². The van der Waals surface area contributed by atoms with Crippen LogP contribution >= 0.6 is 11.6 Å². The molecule has 0 unspecified atom stereocenters. The maximum absolute atomic E-state index is 12.7. The number of Topliss-reactive ketones (excluding diaryl/α,β-unsaturated/α-hetero) is 1. The van der Waals surface area contributed by atoms with Crippen molar-refractivity contribution in [3.05, 3.63) is 58.6 Å². The van der Waals surface area contributed by atoms with Gasteiger partial charge in [0, 0.05) is 36.0 Å². The molecule has 0 saturated carbocycles. The fraction of sp³-hybridized carbons (Fsp3) is 0.500. The van der Waals surface area contributed by atoms with Crippen molar-refractivity contribution in [2.45, 2.75) is 57.4 Å². The van der Waals surface area contributed by atoms with E-state index in [2.05, 4.69) is 16.3 Å². The van der Waals surface area contributed by atoms with Gasteiger partial charge in [0.05, 0.1) is 0 Å². The Morgan fingerprint density at radius 2 is 1.63 bits per heavy atom. The summed E-state index contributed by atoms with van der Waals surface area (Å²) < 4.78 is 11.4. The van der Waals surface area contributed by atoms with Gasteiger partial charge in [0.1, 0.15) is 13.2 Å². The molecule has 0 spiro atoms. The van der Waals surface area contributed by atoms with Crippen molar-refractivity contribution < 1.29 is 19.1 Å². The highest BCUT2D eigenvalue weighted by Gasteiger charge is 2.21. The molecule has 7 heteroatoms. The Hall–Kier alpha value is -2.57. The molecule has 2 aliphatic heterocycles. The summed E-state index contributed by atoms with van der Waals surface area (Å²) in [5.41, 5.74) is 1.83. The number of ketones is 1. The number of halogens is 1. The molecular formula is C28H35ClN2O4. The molecule has 2 aromatic rings. The largest absolute Gasteiger partial charge is 0.486 e. The molecule has 0 aliphatic carbocycles. The first kappa shape index (κ1) is 25.5.